The molecular formula is C19H23NO. The van der Waals surface area contributed by atoms with Gasteiger partial charge in [0.05, 0.1) is 12.5 Å². The second kappa shape index (κ2) is 7.07. The largest absolute Gasteiger partial charge is 0.349 e. The lowest BCUT2D eigenvalue weighted by atomic mass is 10.1. The number of amides is 1. The van der Waals surface area contributed by atoms with Crippen LogP contribution in [0.1, 0.15) is 42.1 Å². The number of aryl methyl sites for hydroxylation is 2. The summed E-state index contributed by atoms with van der Waals surface area (Å²) < 4.78 is 0. The second-order valence-corrected chi connectivity index (χ2v) is 5.55. The van der Waals surface area contributed by atoms with E-state index in [1.54, 1.807) is 0 Å². The van der Waals surface area contributed by atoms with Crippen molar-refractivity contribution in [3.05, 3.63) is 70.8 Å². The van der Waals surface area contributed by atoms with E-state index in [4.69, 9.17) is 0 Å². The Hall–Kier alpha value is -2.09. The normalized spacial score (nSPS) is 12.0. The molecule has 2 aromatic rings. The first-order valence-electron chi connectivity index (χ1n) is 7.52. The molecule has 0 saturated heterocycles. The zero-order chi connectivity index (χ0) is 15.2. The minimum absolute atomic E-state index is 0.0352. The Morgan fingerprint density at radius 2 is 1.57 bits per heavy atom. The molecule has 0 aliphatic rings. The van der Waals surface area contributed by atoms with Crippen molar-refractivity contribution in [2.45, 2.75) is 39.7 Å². The van der Waals surface area contributed by atoms with Gasteiger partial charge >= 0.3 is 0 Å². The third-order valence-electron chi connectivity index (χ3n) is 3.75. The van der Waals surface area contributed by atoms with Crippen molar-refractivity contribution in [2.75, 3.05) is 0 Å². The molecule has 0 heterocycles. The van der Waals surface area contributed by atoms with Crippen LogP contribution in [0.5, 0.6) is 0 Å². The summed E-state index contributed by atoms with van der Waals surface area (Å²) in [7, 11) is 0. The van der Waals surface area contributed by atoms with Gasteiger partial charge in [0, 0.05) is 0 Å². The summed E-state index contributed by atoms with van der Waals surface area (Å²) in [5.74, 6) is 0.0623. The lowest BCUT2D eigenvalue weighted by Crippen LogP contribution is -2.28. The monoisotopic (exact) mass is 281 g/mol. The number of hydrogen-bond acceptors (Lipinski definition) is 1. The third kappa shape index (κ3) is 4.45. The van der Waals surface area contributed by atoms with Crippen LogP contribution in [0.15, 0.2) is 48.5 Å². The highest BCUT2D eigenvalue weighted by atomic mass is 16.1. The van der Waals surface area contributed by atoms with Gasteiger partial charge in [-0.25, -0.2) is 0 Å². The van der Waals surface area contributed by atoms with Crippen molar-refractivity contribution in [3.8, 4) is 0 Å². The molecule has 0 aliphatic carbocycles. The van der Waals surface area contributed by atoms with Crippen molar-refractivity contribution >= 4 is 5.91 Å². The number of rotatable bonds is 5. The SMILES string of the molecule is CCc1ccc(CC(=O)N[C@@H](C)c2ccc(C)cc2)cc1. The van der Waals surface area contributed by atoms with Crippen molar-refractivity contribution in [1.29, 1.82) is 0 Å². The molecule has 0 fully saturated rings. The number of carbonyl (C=O) groups is 1. The van der Waals surface area contributed by atoms with Gasteiger partial charge in [-0.05, 0) is 37.0 Å². The summed E-state index contributed by atoms with van der Waals surface area (Å²) in [6.45, 7) is 6.21. The van der Waals surface area contributed by atoms with E-state index in [1.807, 2.05) is 19.1 Å². The van der Waals surface area contributed by atoms with Crippen LogP contribution in [0.3, 0.4) is 0 Å². The predicted molar refractivity (Wildman–Crippen MR) is 87.3 cm³/mol. The molecule has 2 nitrogen and oxygen atoms in total. The first kappa shape index (κ1) is 15.3. The van der Waals surface area contributed by atoms with Gasteiger partial charge in [-0.2, -0.15) is 0 Å². The lowest BCUT2D eigenvalue weighted by molar-refractivity contribution is -0.121. The Bertz CT molecular complexity index is 584. The Morgan fingerprint density at radius 1 is 1.00 bits per heavy atom. The van der Waals surface area contributed by atoms with Crippen molar-refractivity contribution < 1.29 is 4.79 Å². The molecule has 0 aliphatic heterocycles. The standard InChI is InChI=1S/C19H23NO/c1-4-16-7-9-17(10-8-16)13-19(21)20-15(3)18-11-5-14(2)6-12-18/h5-12,15H,4,13H2,1-3H3,(H,20,21)/t15-/m0/s1. The van der Waals surface area contributed by atoms with Crippen molar-refractivity contribution in [2.24, 2.45) is 0 Å². The Kier molecular flexibility index (Phi) is 5.15. The molecule has 1 amide bonds. The van der Waals surface area contributed by atoms with E-state index in [1.165, 1.54) is 11.1 Å². The predicted octanol–water partition coefficient (Wildman–Crippen LogP) is 3.98. The van der Waals surface area contributed by atoms with Crippen LogP contribution in [0.4, 0.5) is 0 Å². The topological polar surface area (TPSA) is 29.1 Å². The molecule has 21 heavy (non-hydrogen) atoms. The van der Waals surface area contributed by atoms with E-state index < -0.39 is 0 Å². The quantitative estimate of drug-likeness (QED) is 0.882. The van der Waals surface area contributed by atoms with Crippen LogP contribution in [-0.2, 0) is 17.6 Å². The molecule has 2 heteroatoms. The molecule has 2 rings (SSSR count). The minimum Gasteiger partial charge on any atom is -0.349 e. The third-order valence-corrected chi connectivity index (χ3v) is 3.75. The second-order valence-electron chi connectivity index (χ2n) is 5.55. The van der Waals surface area contributed by atoms with Gasteiger partial charge in [0.15, 0.2) is 0 Å². The molecule has 0 spiro atoms. The number of carbonyl (C=O) groups excluding carboxylic acids is 1. The summed E-state index contributed by atoms with van der Waals surface area (Å²) in [4.78, 5) is 12.1. The summed E-state index contributed by atoms with van der Waals surface area (Å²) in [5, 5.41) is 3.05. The van der Waals surface area contributed by atoms with Gasteiger partial charge < -0.3 is 5.32 Å². The average molecular weight is 281 g/mol. The zero-order valence-electron chi connectivity index (χ0n) is 13.0. The summed E-state index contributed by atoms with van der Waals surface area (Å²) in [5.41, 5.74) is 4.72. The lowest BCUT2D eigenvalue weighted by Gasteiger charge is -2.14. The highest BCUT2D eigenvalue weighted by molar-refractivity contribution is 5.79. The van der Waals surface area contributed by atoms with Gasteiger partial charge in [0.1, 0.15) is 0 Å². The van der Waals surface area contributed by atoms with Gasteiger partial charge in [-0.3, -0.25) is 4.79 Å². The molecule has 1 N–H and O–H groups in total. The van der Waals surface area contributed by atoms with Crippen LogP contribution in [-0.4, -0.2) is 5.91 Å². The average Bonchev–Trinajstić information content (AvgIpc) is 2.48. The van der Waals surface area contributed by atoms with Crippen LogP contribution >= 0.6 is 0 Å². The number of nitrogens with one attached hydrogen (secondary N) is 1. The summed E-state index contributed by atoms with van der Waals surface area (Å²) in [6.07, 6.45) is 1.46. The first-order chi connectivity index (χ1) is 10.1. The van der Waals surface area contributed by atoms with E-state index in [-0.39, 0.29) is 11.9 Å². The molecule has 0 bridgehead atoms. The molecule has 2 aromatic carbocycles. The van der Waals surface area contributed by atoms with E-state index >= 15 is 0 Å². The Morgan fingerprint density at radius 3 is 2.14 bits per heavy atom. The fourth-order valence-electron chi connectivity index (χ4n) is 2.31. The minimum atomic E-state index is 0.0352. The van der Waals surface area contributed by atoms with Crippen LogP contribution in [0.25, 0.3) is 0 Å². The summed E-state index contributed by atoms with van der Waals surface area (Å²) >= 11 is 0. The fourth-order valence-corrected chi connectivity index (χ4v) is 2.31. The highest BCUT2D eigenvalue weighted by Gasteiger charge is 2.09. The van der Waals surface area contributed by atoms with Crippen molar-refractivity contribution in [3.63, 3.8) is 0 Å². The number of benzene rings is 2. The molecule has 0 unspecified atom stereocenters. The van der Waals surface area contributed by atoms with Crippen LogP contribution in [0, 0.1) is 6.92 Å². The fraction of sp³-hybridized carbons (Fsp3) is 0.316. The van der Waals surface area contributed by atoms with Crippen LogP contribution in [0.2, 0.25) is 0 Å². The van der Waals surface area contributed by atoms with Gasteiger partial charge in [0.2, 0.25) is 5.91 Å². The van der Waals surface area contributed by atoms with E-state index in [2.05, 4.69) is 55.6 Å². The molecular weight excluding hydrogens is 258 g/mol. The van der Waals surface area contributed by atoms with E-state index in [9.17, 15) is 4.79 Å². The Labute approximate surface area is 127 Å². The van der Waals surface area contributed by atoms with E-state index in [0.717, 1.165) is 17.5 Å². The van der Waals surface area contributed by atoms with E-state index in [0.29, 0.717) is 6.42 Å². The molecule has 0 aromatic heterocycles. The Balaban J connectivity index is 1.92. The molecule has 0 radical (unpaired) electrons. The van der Waals surface area contributed by atoms with Crippen molar-refractivity contribution in [1.82, 2.24) is 5.32 Å². The van der Waals surface area contributed by atoms with Gasteiger partial charge in [0.25, 0.3) is 0 Å². The maximum absolute atomic E-state index is 12.1. The first-order valence-corrected chi connectivity index (χ1v) is 7.52. The highest BCUT2D eigenvalue weighted by Crippen LogP contribution is 2.13. The smallest absolute Gasteiger partial charge is 0.224 e. The van der Waals surface area contributed by atoms with Gasteiger partial charge in [-0.15, -0.1) is 0 Å². The molecule has 0 saturated carbocycles. The zero-order valence-corrected chi connectivity index (χ0v) is 13.0. The number of hydrogen-bond donors (Lipinski definition) is 1. The molecule has 1 atom stereocenters. The van der Waals surface area contributed by atoms with Crippen LogP contribution < -0.4 is 5.32 Å². The maximum atomic E-state index is 12.1. The maximum Gasteiger partial charge on any atom is 0.224 e. The molecule has 110 valence electrons. The summed E-state index contributed by atoms with van der Waals surface area (Å²) in [6, 6.07) is 16.6. The van der Waals surface area contributed by atoms with Gasteiger partial charge in [-0.1, -0.05) is 61.0 Å².